The van der Waals surface area contributed by atoms with Gasteiger partial charge >= 0.3 is 0 Å². The Morgan fingerprint density at radius 3 is 2.38 bits per heavy atom. The average Bonchev–Trinajstić information content (AvgIpc) is 2.68. The molecule has 138 valence electrons. The summed E-state index contributed by atoms with van der Waals surface area (Å²) in [7, 11) is 3.80. The van der Waals surface area contributed by atoms with Crippen molar-refractivity contribution in [2.75, 3.05) is 57.2 Å². The molecule has 0 saturated carbocycles. The molecule has 26 heavy (non-hydrogen) atoms. The number of ether oxygens (including phenoxy) is 2. The van der Waals surface area contributed by atoms with Crippen molar-refractivity contribution in [1.29, 1.82) is 0 Å². The zero-order valence-electron chi connectivity index (χ0n) is 15.3. The monoisotopic (exact) mass is 356 g/mol. The minimum atomic E-state index is -0.202. The first-order chi connectivity index (χ1) is 12.7. The third-order valence-electron chi connectivity index (χ3n) is 4.56. The standard InChI is InChI=1S/C20H25N3O3/c1-22-11-13-23(14-12-22)17-9-7-16(8-10-17)21-20(24)15-26-19-6-4-3-5-18(19)25-2/h3-10H,11-15H2,1-2H3,(H,21,24)/p+1. The van der Waals surface area contributed by atoms with Gasteiger partial charge in [0.25, 0.3) is 5.91 Å². The van der Waals surface area contributed by atoms with Crippen molar-refractivity contribution >= 4 is 17.3 Å². The van der Waals surface area contributed by atoms with E-state index in [1.807, 2.05) is 24.3 Å². The van der Waals surface area contributed by atoms with E-state index in [-0.39, 0.29) is 12.5 Å². The van der Waals surface area contributed by atoms with Gasteiger partial charge < -0.3 is 24.6 Å². The molecule has 1 saturated heterocycles. The Kier molecular flexibility index (Phi) is 5.96. The number of methoxy groups -OCH3 is 1. The number of piperazine rings is 1. The molecule has 2 aromatic rings. The third kappa shape index (κ3) is 4.67. The Bertz CT molecular complexity index is 725. The van der Waals surface area contributed by atoms with E-state index >= 15 is 0 Å². The highest BCUT2D eigenvalue weighted by molar-refractivity contribution is 5.92. The second-order valence-corrected chi connectivity index (χ2v) is 6.48. The van der Waals surface area contributed by atoms with E-state index < -0.39 is 0 Å². The Labute approximate surface area is 154 Å². The molecule has 1 fully saturated rings. The van der Waals surface area contributed by atoms with E-state index in [9.17, 15) is 4.79 Å². The second kappa shape index (κ2) is 8.58. The predicted molar refractivity (Wildman–Crippen MR) is 102 cm³/mol. The smallest absolute Gasteiger partial charge is 0.262 e. The lowest BCUT2D eigenvalue weighted by atomic mass is 10.2. The predicted octanol–water partition coefficient (Wildman–Crippen LogP) is 1.05. The first-order valence-corrected chi connectivity index (χ1v) is 8.87. The molecular formula is C20H26N3O3+. The van der Waals surface area contributed by atoms with Crippen LogP contribution >= 0.6 is 0 Å². The molecule has 2 aromatic carbocycles. The number of likely N-dealkylation sites (N-methyl/N-ethyl adjacent to an activating group) is 1. The van der Waals surface area contributed by atoms with Gasteiger partial charge in [0.1, 0.15) is 0 Å². The van der Waals surface area contributed by atoms with Gasteiger partial charge in [0.15, 0.2) is 18.1 Å². The summed E-state index contributed by atoms with van der Waals surface area (Å²) in [6.07, 6.45) is 0. The summed E-state index contributed by atoms with van der Waals surface area (Å²) in [5.74, 6) is 0.961. The van der Waals surface area contributed by atoms with Gasteiger partial charge in [-0.2, -0.15) is 0 Å². The van der Waals surface area contributed by atoms with Crippen LogP contribution in [0.15, 0.2) is 48.5 Å². The normalized spacial score (nSPS) is 14.8. The summed E-state index contributed by atoms with van der Waals surface area (Å²) in [4.78, 5) is 16.1. The number of hydrogen-bond acceptors (Lipinski definition) is 4. The Morgan fingerprint density at radius 2 is 1.73 bits per heavy atom. The van der Waals surface area contributed by atoms with Crippen LogP contribution in [0, 0.1) is 0 Å². The fourth-order valence-electron chi connectivity index (χ4n) is 2.98. The SMILES string of the molecule is COc1ccccc1OCC(=O)Nc1ccc(N2CC[NH+](C)CC2)cc1. The van der Waals surface area contributed by atoms with E-state index in [1.54, 1.807) is 24.1 Å². The van der Waals surface area contributed by atoms with Crippen LogP contribution in [0.25, 0.3) is 0 Å². The molecule has 0 aromatic heterocycles. The quantitative estimate of drug-likeness (QED) is 0.812. The van der Waals surface area contributed by atoms with Crippen molar-refractivity contribution in [2.24, 2.45) is 0 Å². The summed E-state index contributed by atoms with van der Waals surface area (Å²) >= 11 is 0. The highest BCUT2D eigenvalue weighted by Gasteiger charge is 2.16. The van der Waals surface area contributed by atoms with Crippen molar-refractivity contribution in [3.63, 3.8) is 0 Å². The van der Waals surface area contributed by atoms with Gasteiger partial charge in [0.05, 0.1) is 40.3 Å². The molecule has 0 unspecified atom stereocenters. The van der Waals surface area contributed by atoms with Gasteiger partial charge in [0, 0.05) is 11.4 Å². The molecule has 1 aliphatic heterocycles. The van der Waals surface area contributed by atoms with Crippen molar-refractivity contribution in [1.82, 2.24) is 0 Å². The Hall–Kier alpha value is -2.73. The van der Waals surface area contributed by atoms with E-state index in [2.05, 4.69) is 29.4 Å². The van der Waals surface area contributed by atoms with Gasteiger partial charge in [-0.15, -0.1) is 0 Å². The molecule has 1 heterocycles. The number of nitrogens with one attached hydrogen (secondary N) is 2. The second-order valence-electron chi connectivity index (χ2n) is 6.48. The fourth-order valence-corrected chi connectivity index (χ4v) is 2.98. The van der Waals surface area contributed by atoms with Crippen molar-refractivity contribution in [3.8, 4) is 11.5 Å². The number of nitrogens with zero attached hydrogens (tertiary/aromatic N) is 1. The van der Waals surface area contributed by atoms with E-state index in [0.29, 0.717) is 11.5 Å². The van der Waals surface area contributed by atoms with Crippen molar-refractivity contribution < 1.29 is 19.2 Å². The Morgan fingerprint density at radius 1 is 1.08 bits per heavy atom. The molecule has 0 aliphatic carbocycles. The number of carbonyl (C=O) groups excluding carboxylic acids is 1. The maximum Gasteiger partial charge on any atom is 0.262 e. The van der Waals surface area contributed by atoms with Crippen LogP contribution in [0.3, 0.4) is 0 Å². The first-order valence-electron chi connectivity index (χ1n) is 8.87. The number of para-hydroxylation sites is 2. The first kappa shape index (κ1) is 18.1. The summed E-state index contributed by atoms with van der Waals surface area (Å²) in [5, 5.41) is 2.86. The number of amides is 1. The number of rotatable bonds is 6. The molecule has 3 rings (SSSR count). The molecular weight excluding hydrogens is 330 g/mol. The molecule has 0 atom stereocenters. The lowest BCUT2D eigenvalue weighted by Gasteiger charge is -2.31. The Balaban J connectivity index is 1.51. The van der Waals surface area contributed by atoms with Crippen LogP contribution in [-0.2, 0) is 4.79 Å². The topological polar surface area (TPSA) is 55.2 Å². The highest BCUT2D eigenvalue weighted by atomic mass is 16.5. The van der Waals surface area contributed by atoms with Gasteiger partial charge in [-0.25, -0.2) is 0 Å². The number of carbonyl (C=O) groups is 1. The van der Waals surface area contributed by atoms with Crippen LogP contribution in [0.2, 0.25) is 0 Å². The molecule has 0 spiro atoms. The lowest BCUT2D eigenvalue weighted by molar-refractivity contribution is -0.880. The van der Waals surface area contributed by atoms with Gasteiger partial charge in [-0.3, -0.25) is 4.79 Å². The number of quaternary nitrogens is 1. The largest absolute Gasteiger partial charge is 0.493 e. The summed E-state index contributed by atoms with van der Waals surface area (Å²) < 4.78 is 10.8. The summed E-state index contributed by atoms with van der Waals surface area (Å²) in [6.45, 7) is 4.36. The molecule has 0 radical (unpaired) electrons. The minimum absolute atomic E-state index is 0.0661. The minimum Gasteiger partial charge on any atom is -0.493 e. The van der Waals surface area contributed by atoms with Crippen LogP contribution in [-0.4, -0.2) is 52.9 Å². The molecule has 1 aliphatic rings. The molecule has 0 bridgehead atoms. The zero-order valence-corrected chi connectivity index (χ0v) is 15.3. The highest BCUT2D eigenvalue weighted by Crippen LogP contribution is 2.25. The van der Waals surface area contributed by atoms with Gasteiger partial charge in [0.2, 0.25) is 0 Å². The van der Waals surface area contributed by atoms with Crippen LogP contribution in [0.4, 0.5) is 11.4 Å². The van der Waals surface area contributed by atoms with E-state index in [4.69, 9.17) is 9.47 Å². The summed E-state index contributed by atoms with van der Waals surface area (Å²) in [6, 6.07) is 15.2. The van der Waals surface area contributed by atoms with Crippen molar-refractivity contribution in [3.05, 3.63) is 48.5 Å². The van der Waals surface area contributed by atoms with Gasteiger partial charge in [-0.05, 0) is 36.4 Å². The molecule has 6 heteroatoms. The number of hydrogen-bond donors (Lipinski definition) is 2. The van der Waals surface area contributed by atoms with Crippen molar-refractivity contribution in [2.45, 2.75) is 0 Å². The molecule has 2 N–H and O–H groups in total. The van der Waals surface area contributed by atoms with Crippen LogP contribution in [0.5, 0.6) is 11.5 Å². The molecule has 6 nitrogen and oxygen atoms in total. The maximum atomic E-state index is 12.1. The average molecular weight is 356 g/mol. The fraction of sp³-hybridized carbons (Fsp3) is 0.350. The third-order valence-corrected chi connectivity index (χ3v) is 4.56. The zero-order chi connectivity index (χ0) is 18.4. The van der Waals surface area contributed by atoms with E-state index in [0.717, 1.165) is 31.9 Å². The maximum absolute atomic E-state index is 12.1. The van der Waals surface area contributed by atoms with Gasteiger partial charge in [-0.1, -0.05) is 12.1 Å². The number of anilines is 2. The molecule has 1 amide bonds. The number of benzene rings is 2. The lowest BCUT2D eigenvalue weighted by Crippen LogP contribution is -3.12. The summed E-state index contributed by atoms with van der Waals surface area (Å²) in [5.41, 5.74) is 1.96. The van der Waals surface area contributed by atoms with Crippen LogP contribution in [0.1, 0.15) is 0 Å². The van der Waals surface area contributed by atoms with Crippen LogP contribution < -0.4 is 24.6 Å². The van der Waals surface area contributed by atoms with E-state index in [1.165, 1.54) is 5.69 Å².